The first kappa shape index (κ1) is 45.5. The Balaban J connectivity index is 0.879. The Morgan fingerprint density at radius 3 is 1.88 bits per heavy atom. The van der Waals surface area contributed by atoms with E-state index in [1.807, 2.05) is 14.1 Å². The van der Waals surface area contributed by atoms with E-state index in [2.05, 4.69) is 18.7 Å². The van der Waals surface area contributed by atoms with Gasteiger partial charge in [-0.2, -0.15) is 0 Å². The van der Waals surface area contributed by atoms with Gasteiger partial charge in [-0.25, -0.2) is 0 Å². The van der Waals surface area contributed by atoms with E-state index in [0.29, 0.717) is 49.7 Å². The molecule has 0 saturated heterocycles. The molecule has 7 heteroatoms. The fourth-order valence-electron chi connectivity index (χ4n) is 12.9. The van der Waals surface area contributed by atoms with E-state index in [1.54, 1.807) is 0 Å². The van der Waals surface area contributed by atoms with Gasteiger partial charge in [-0.15, -0.1) is 0 Å². The van der Waals surface area contributed by atoms with Gasteiger partial charge in [0.2, 0.25) is 0 Å². The summed E-state index contributed by atoms with van der Waals surface area (Å²) in [6.07, 6.45) is 31.6. The van der Waals surface area contributed by atoms with Gasteiger partial charge in [0, 0.05) is 25.2 Å². The van der Waals surface area contributed by atoms with Crippen molar-refractivity contribution < 1.29 is 28.6 Å². The maximum Gasteiger partial charge on any atom is 0.306 e. The van der Waals surface area contributed by atoms with Crippen molar-refractivity contribution in [1.29, 1.82) is 0 Å². The third-order valence-electron chi connectivity index (χ3n) is 15.7. The van der Waals surface area contributed by atoms with Crippen LogP contribution in [-0.2, 0) is 28.6 Å². The van der Waals surface area contributed by atoms with Crippen LogP contribution >= 0.6 is 0 Å². The molecule has 0 N–H and O–H groups in total. The summed E-state index contributed by atoms with van der Waals surface area (Å²) in [7, 11) is 4.07. The van der Waals surface area contributed by atoms with Crippen LogP contribution in [0.1, 0.15) is 200 Å². The third kappa shape index (κ3) is 12.2. The molecule has 5 rings (SSSR count). The number of hydrogen-bond acceptors (Lipinski definition) is 7. The number of esters is 3. The third-order valence-corrected chi connectivity index (χ3v) is 15.7. The van der Waals surface area contributed by atoms with Crippen molar-refractivity contribution in [3.63, 3.8) is 0 Å². The van der Waals surface area contributed by atoms with E-state index in [0.717, 1.165) is 132 Å². The zero-order chi connectivity index (χ0) is 39.8. The molecule has 0 aromatic heterocycles. The van der Waals surface area contributed by atoms with Gasteiger partial charge in [-0.1, -0.05) is 110 Å². The maximum atomic E-state index is 12.7. The van der Waals surface area contributed by atoms with Gasteiger partial charge in [-0.05, 0) is 138 Å². The van der Waals surface area contributed by atoms with Crippen LogP contribution in [0, 0.1) is 52.8 Å². The first-order chi connectivity index (χ1) is 27.3. The monoisotopic (exact) mass is 784 g/mol. The van der Waals surface area contributed by atoms with Crippen LogP contribution in [0.4, 0.5) is 0 Å². The van der Waals surface area contributed by atoms with Crippen molar-refractivity contribution in [2.24, 2.45) is 52.8 Å². The summed E-state index contributed by atoms with van der Waals surface area (Å²) in [6, 6.07) is 0. The zero-order valence-electron chi connectivity index (χ0n) is 36.7. The zero-order valence-corrected chi connectivity index (χ0v) is 36.7. The molecular formula is C49H85NO6. The molecule has 0 aromatic rings. The average molecular weight is 784 g/mol. The van der Waals surface area contributed by atoms with E-state index in [-0.39, 0.29) is 24.0 Å². The van der Waals surface area contributed by atoms with E-state index in [9.17, 15) is 14.4 Å². The molecule has 5 aliphatic carbocycles. The fraction of sp³-hybridized carbons (Fsp3) is 0.939. The Kier molecular flexibility index (Phi) is 19.3. The topological polar surface area (TPSA) is 82.1 Å². The highest BCUT2D eigenvalue weighted by molar-refractivity contribution is 5.70. The van der Waals surface area contributed by atoms with Crippen LogP contribution in [-0.4, -0.2) is 62.8 Å². The number of ether oxygens (including phenoxy) is 3. The van der Waals surface area contributed by atoms with Crippen molar-refractivity contribution >= 4 is 17.9 Å². The summed E-state index contributed by atoms with van der Waals surface area (Å²) in [5.74, 6) is 7.25. The van der Waals surface area contributed by atoms with Gasteiger partial charge < -0.3 is 19.1 Å². The summed E-state index contributed by atoms with van der Waals surface area (Å²) in [4.78, 5) is 39.9. The molecule has 5 aliphatic rings. The minimum atomic E-state index is -0.0652. The molecule has 1 spiro atoms. The minimum Gasteiger partial charge on any atom is -0.466 e. The van der Waals surface area contributed by atoms with Gasteiger partial charge in [0.15, 0.2) is 0 Å². The van der Waals surface area contributed by atoms with Crippen LogP contribution in [0.5, 0.6) is 0 Å². The summed E-state index contributed by atoms with van der Waals surface area (Å²) in [5, 5.41) is 0. The Labute approximate surface area is 343 Å². The van der Waals surface area contributed by atoms with E-state index in [1.165, 1.54) is 77.0 Å². The second kappa shape index (κ2) is 23.8. The highest BCUT2D eigenvalue weighted by Gasteiger charge is 2.86. The van der Waals surface area contributed by atoms with Crippen LogP contribution < -0.4 is 0 Å². The molecule has 0 aliphatic heterocycles. The van der Waals surface area contributed by atoms with E-state index in [4.69, 9.17) is 14.2 Å². The predicted molar refractivity (Wildman–Crippen MR) is 226 cm³/mol. The Hall–Kier alpha value is -1.63. The van der Waals surface area contributed by atoms with E-state index >= 15 is 0 Å². The molecule has 5 fully saturated rings. The van der Waals surface area contributed by atoms with Crippen LogP contribution in [0.25, 0.3) is 0 Å². The van der Waals surface area contributed by atoms with Gasteiger partial charge in [-0.3, -0.25) is 14.4 Å². The summed E-state index contributed by atoms with van der Waals surface area (Å²) < 4.78 is 17.6. The fourth-order valence-corrected chi connectivity index (χ4v) is 12.9. The summed E-state index contributed by atoms with van der Waals surface area (Å²) in [6.45, 7) is 6.69. The Morgan fingerprint density at radius 1 is 0.643 bits per heavy atom. The van der Waals surface area contributed by atoms with Crippen molar-refractivity contribution in [2.75, 3.05) is 33.9 Å². The van der Waals surface area contributed by atoms with E-state index < -0.39 is 0 Å². The number of hydrogen-bond donors (Lipinski definition) is 0. The van der Waals surface area contributed by atoms with Crippen molar-refractivity contribution in [2.45, 2.75) is 206 Å². The van der Waals surface area contributed by atoms with Crippen LogP contribution in [0.3, 0.4) is 0 Å². The summed E-state index contributed by atoms with van der Waals surface area (Å²) >= 11 is 0. The lowest BCUT2D eigenvalue weighted by molar-refractivity contribution is -0.271. The molecule has 9 atom stereocenters. The second-order valence-corrected chi connectivity index (χ2v) is 19.6. The average Bonchev–Trinajstić information content (AvgIpc) is 3.52. The highest BCUT2D eigenvalue weighted by Crippen LogP contribution is 2.90. The molecule has 7 nitrogen and oxygen atoms in total. The lowest BCUT2D eigenvalue weighted by Crippen LogP contribution is -2.70. The lowest BCUT2D eigenvalue weighted by atomic mass is 9.31. The normalized spacial score (nSPS) is 28.3. The second-order valence-electron chi connectivity index (χ2n) is 19.6. The molecule has 0 aromatic carbocycles. The van der Waals surface area contributed by atoms with Crippen LogP contribution in [0.15, 0.2) is 0 Å². The lowest BCUT2D eigenvalue weighted by Gasteiger charge is -2.73. The SMILES string of the molecule is CCCCCC(CCCCC)CCOC(=O)CCCCCCCC(CCCCCCCC(=O)OCC1C2C3CC4C3C2C12CCCC42)OC(=O)CCCN(C)C. The van der Waals surface area contributed by atoms with Crippen molar-refractivity contribution in [3.05, 3.63) is 0 Å². The minimum absolute atomic E-state index is 0.0126. The Bertz CT molecular complexity index is 1160. The van der Waals surface area contributed by atoms with Gasteiger partial charge in [0.25, 0.3) is 0 Å². The molecule has 0 radical (unpaired) electrons. The molecular weight excluding hydrogens is 699 g/mol. The first-order valence-corrected chi connectivity index (χ1v) is 24.5. The highest BCUT2D eigenvalue weighted by atomic mass is 16.5. The van der Waals surface area contributed by atoms with Gasteiger partial charge in [0.05, 0.1) is 13.2 Å². The maximum absolute atomic E-state index is 12.7. The summed E-state index contributed by atoms with van der Waals surface area (Å²) in [5.41, 5.74) is 0.577. The molecule has 0 amide bonds. The molecule has 5 saturated carbocycles. The van der Waals surface area contributed by atoms with Gasteiger partial charge >= 0.3 is 17.9 Å². The number of fused-ring (bicyclic) bond motifs is 2. The molecule has 56 heavy (non-hydrogen) atoms. The number of carbonyl (C=O) groups is 3. The molecule has 322 valence electrons. The number of rotatable bonds is 34. The van der Waals surface area contributed by atoms with Gasteiger partial charge in [0.1, 0.15) is 6.10 Å². The smallest absolute Gasteiger partial charge is 0.306 e. The number of unbranched alkanes of at least 4 members (excludes halogenated alkanes) is 12. The Morgan fingerprint density at radius 2 is 1.23 bits per heavy atom. The number of carbonyl (C=O) groups excluding carboxylic acids is 3. The van der Waals surface area contributed by atoms with Crippen LogP contribution in [0.2, 0.25) is 0 Å². The number of nitrogens with zero attached hydrogens (tertiary/aromatic N) is 1. The van der Waals surface area contributed by atoms with Crippen molar-refractivity contribution in [3.8, 4) is 0 Å². The predicted octanol–water partition coefficient (Wildman–Crippen LogP) is 11.9. The quantitative estimate of drug-likeness (QED) is 0.0365. The first-order valence-electron chi connectivity index (χ1n) is 24.5. The molecule has 0 bridgehead atoms. The standard InChI is InChI=1S/C49H85NO6/c1-5-7-15-23-37(24-16-8-6-2)31-34-54-43(51)28-19-13-9-11-17-25-38(56-45(53)30-22-33-50(3)4)26-18-12-10-14-20-29-44(52)55-36-42-47-40-35-39-41-27-21-32-49(41,42)48(47)46(39)40/h37-42,46-48H,5-36H2,1-4H3. The molecule has 9 unspecified atom stereocenters. The molecule has 0 heterocycles. The van der Waals surface area contributed by atoms with Crippen molar-refractivity contribution in [1.82, 2.24) is 4.90 Å². The largest absolute Gasteiger partial charge is 0.466 e.